The van der Waals surface area contributed by atoms with Gasteiger partial charge in [0.2, 0.25) is 0 Å². The number of rotatable bonds is 3. The average Bonchev–Trinajstić information content (AvgIpc) is 2.32. The maximum atomic E-state index is 13.0. The van der Waals surface area contributed by atoms with Crippen molar-refractivity contribution in [3.05, 3.63) is 46.3 Å². The molecule has 8 heteroatoms. The summed E-state index contributed by atoms with van der Waals surface area (Å²) in [5.41, 5.74) is 6.02. The minimum absolute atomic E-state index is 0.160. The van der Waals surface area contributed by atoms with E-state index in [-0.39, 0.29) is 16.4 Å². The van der Waals surface area contributed by atoms with Crippen molar-refractivity contribution >= 4 is 37.5 Å². The largest absolute Gasteiger partial charge is 0.398 e. The van der Waals surface area contributed by atoms with Crippen molar-refractivity contribution in [2.45, 2.75) is 11.8 Å². The van der Waals surface area contributed by atoms with Crippen LogP contribution in [0.2, 0.25) is 0 Å². The van der Waals surface area contributed by atoms with Gasteiger partial charge in [-0.3, -0.25) is 4.72 Å². The molecule has 2 aromatic rings. The summed E-state index contributed by atoms with van der Waals surface area (Å²) in [5.74, 6) is -0.406. The van der Waals surface area contributed by atoms with Gasteiger partial charge in [0, 0.05) is 10.7 Å². The standard InChI is InChI=1S/C12H11BrFN3O2S/c1-7-4-8(13)6-16-12(7)17-20(18,19)11-3-2-9(14)5-10(11)15/h2-6H,15H2,1H3,(H,16,17). The Morgan fingerprint density at radius 2 is 2.05 bits per heavy atom. The first-order chi connectivity index (χ1) is 9.29. The predicted octanol–water partition coefficient (Wildman–Crippen LogP) is 2.67. The van der Waals surface area contributed by atoms with E-state index in [1.807, 2.05) is 0 Å². The number of nitrogen functional groups attached to an aromatic ring is 1. The Morgan fingerprint density at radius 1 is 1.35 bits per heavy atom. The Balaban J connectivity index is 2.41. The third-order valence-electron chi connectivity index (χ3n) is 2.54. The van der Waals surface area contributed by atoms with Gasteiger partial charge in [-0.15, -0.1) is 0 Å². The van der Waals surface area contributed by atoms with E-state index in [4.69, 9.17) is 5.73 Å². The fraction of sp³-hybridized carbons (Fsp3) is 0.0833. The number of hydrogen-bond donors (Lipinski definition) is 2. The zero-order valence-electron chi connectivity index (χ0n) is 10.4. The van der Waals surface area contributed by atoms with E-state index in [2.05, 4.69) is 25.6 Å². The summed E-state index contributed by atoms with van der Waals surface area (Å²) in [6, 6.07) is 4.82. The maximum absolute atomic E-state index is 13.0. The molecule has 0 saturated carbocycles. The summed E-state index contributed by atoms with van der Waals surface area (Å²) in [4.78, 5) is 3.79. The molecule has 0 aliphatic carbocycles. The molecule has 3 N–H and O–H groups in total. The lowest BCUT2D eigenvalue weighted by atomic mass is 10.3. The molecule has 0 unspecified atom stereocenters. The minimum Gasteiger partial charge on any atom is -0.398 e. The molecule has 5 nitrogen and oxygen atoms in total. The Bertz CT molecular complexity index is 765. The Kier molecular flexibility index (Phi) is 3.96. The number of hydrogen-bond acceptors (Lipinski definition) is 4. The summed E-state index contributed by atoms with van der Waals surface area (Å²) in [5, 5.41) is 0. The monoisotopic (exact) mass is 359 g/mol. The van der Waals surface area contributed by atoms with Crippen molar-refractivity contribution in [3.63, 3.8) is 0 Å². The number of halogens is 2. The molecule has 0 bridgehead atoms. The van der Waals surface area contributed by atoms with E-state index in [0.717, 1.165) is 22.7 Å². The first kappa shape index (κ1) is 14.7. The molecular weight excluding hydrogens is 349 g/mol. The van der Waals surface area contributed by atoms with Crippen LogP contribution in [0.1, 0.15) is 5.56 Å². The number of nitrogens with zero attached hydrogens (tertiary/aromatic N) is 1. The van der Waals surface area contributed by atoms with E-state index in [1.54, 1.807) is 13.0 Å². The molecule has 2 rings (SSSR count). The molecule has 0 spiro atoms. The van der Waals surface area contributed by atoms with Crippen LogP contribution < -0.4 is 10.5 Å². The third kappa shape index (κ3) is 3.07. The number of aryl methyl sites for hydroxylation is 1. The lowest BCUT2D eigenvalue weighted by Gasteiger charge is -2.11. The van der Waals surface area contributed by atoms with Crippen LogP contribution in [0.4, 0.5) is 15.9 Å². The van der Waals surface area contributed by atoms with Crippen LogP contribution >= 0.6 is 15.9 Å². The quantitative estimate of drug-likeness (QED) is 0.825. The highest BCUT2D eigenvalue weighted by atomic mass is 79.9. The van der Waals surface area contributed by atoms with Gasteiger partial charge in [-0.2, -0.15) is 0 Å². The van der Waals surface area contributed by atoms with Crippen molar-refractivity contribution in [1.82, 2.24) is 4.98 Å². The van der Waals surface area contributed by atoms with Gasteiger partial charge in [0.25, 0.3) is 10.0 Å². The molecule has 0 radical (unpaired) electrons. The zero-order valence-corrected chi connectivity index (χ0v) is 12.8. The average molecular weight is 360 g/mol. The van der Waals surface area contributed by atoms with Crippen LogP contribution in [0.5, 0.6) is 0 Å². The summed E-state index contributed by atoms with van der Waals surface area (Å²) < 4.78 is 40.4. The first-order valence-corrected chi connectivity index (χ1v) is 7.77. The van der Waals surface area contributed by atoms with Crippen LogP contribution in [-0.4, -0.2) is 13.4 Å². The van der Waals surface area contributed by atoms with Crippen LogP contribution in [0.25, 0.3) is 0 Å². The van der Waals surface area contributed by atoms with Crippen molar-refractivity contribution in [2.75, 3.05) is 10.5 Å². The zero-order chi connectivity index (χ0) is 14.9. The van der Waals surface area contributed by atoms with Gasteiger partial charge in [-0.05, 0) is 52.7 Å². The Labute approximate surface area is 124 Å². The minimum atomic E-state index is -3.92. The van der Waals surface area contributed by atoms with Crippen LogP contribution in [0, 0.1) is 12.7 Å². The van der Waals surface area contributed by atoms with Crippen LogP contribution in [0.15, 0.2) is 39.8 Å². The first-order valence-electron chi connectivity index (χ1n) is 5.49. The van der Waals surface area contributed by atoms with Crippen LogP contribution in [-0.2, 0) is 10.0 Å². The van der Waals surface area contributed by atoms with E-state index >= 15 is 0 Å². The van der Waals surface area contributed by atoms with Gasteiger partial charge in [0.1, 0.15) is 16.5 Å². The summed E-state index contributed by atoms with van der Waals surface area (Å²) >= 11 is 3.24. The molecule has 0 amide bonds. The number of aromatic nitrogens is 1. The number of sulfonamides is 1. The normalized spacial score (nSPS) is 11.3. The van der Waals surface area contributed by atoms with Crippen molar-refractivity contribution in [2.24, 2.45) is 0 Å². The van der Waals surface area contributed by atoms with Crippen molar-refractivity contribution in [1.29, 1.82) is 0 Å². The number of pyridine rings is 1. The molecule has 0 saturated heterocycles. The summed E-state index contributed by atoms with van der Waals surface area (Å²) in [6.07, 6.45) is 1.47. The summed E-state index contributed by atoms with van der Waals surface area (Å²) in [7, 11) is -3.92. The Hall–Kier alpha value is -1.67. The highest BCUT2D eigenvalue weighted by Crippen LogP contribution is 2.24. The van der Waals surface area contributed by atoms with E-state index in [9.17, 15) is 12.8 Å². The maximum Gasteiger partial charge on any atom is 0.265 e. The van der Waals surface area contributed by atoms with Crippen LogP contribution in [0.3, 0.4) is 0 Å². The molecule has 106 valence electrons. The fourth-order valence-corrected chi connectivity index (χ4v) is 3.23. The number of nitrogens with one attached hydrogen (secondary N) is 1. The second kappa shape index (κ2) is 5.37. The topological polar surface area (TPSA) is 85.1 Å². The molecule has 0 aliphatic rings. The van der Waals surface area contributed by atoms with Gasteiger partial charge >= 0.3 is 0 Å². The predicted molar refractivity (Wildman–Crippen MR) is 78.3 cm³/mol. The fourth-order valence-electron chi connectivity index (χ4n) is 1.59. The van der Waals surface area contributed by atoms with E-state index in [1.165, 1.54) is 6.20 Å². The van der Waals surface area contributed by atoms with Gasteiger partial charge in [0.15, 0.2) is 0 Å². The lowest BCUT2D eigenvalue weighted by Crippen LogP contribution is -2.16. The third-order valence-corrected chi connectivity index (χ3v) is 4.38. The SMILES string of the molecule is Cc1cc(Br)cnc1NS(=O)(=O)c1ccc(F)cc1N. The molecule has 0 fully saturated rings. The highest BCUT2D eigenvalue weighted by Gasteiger charge is 2.19. The number of nitrogens with two attached hydrogens (primary N) is 1. The Morgan fingerprint density at radius 3 is 2.65 bits per heavy atom. The lowest BCUT2D eigenvalue weighted by molar-refractivity contribution is 0.600. The molecule has 1 heterocycles. The van der Waals surface area contributed by atoms with Crippen molar-refractivity contribution < 1.29 is 12.8 Å². The molecule has 1 aromatic carbocycles. The smallest absolute Gasteiger partial charge is 0.265 e. The van der Waals surface area contributed by atoms with Gasteiger partial charge in [0.05, 0.1) is 5.69 Å². The summed E-state index contributed by atoms with van der Waals surface area (Å²) in [6.45, 7) is 1.71. The molecular formula is C12H11BrFN3O2S. The second-order valence-corrected chi connectivity index (χ2v) is 6.67. The molecule has 0 atom stereocenters. The van der Waals surface area contributed by atoms with Gasteiger partial charge in [-0.25, -0.2) is 17.8 Å². The van der Waals surface area contributed by atoms with Gasteiger partial charge < -0.3 is 5.73 Å². The second-order valence-electron chi connectivity index (χ2n) is 4.11. The number of benzene rings is 1. The molecule has 20 heavy (non-hydrogen) atoms. The molecule has 1 aromatic heterocycles. The van der Waals surface area contributed by atoms with Gasteiger partial charge in [-0.1, -0.05) is 0 Å². The van der Waals surface area contributed by atoms with Crippen molar-refractivity contribution in [3.8, 4) is 0 Å². The number of anilines is 2. The highest BCUT2D eigenvalue weighted by molar-refractivity contribution is 9.10. The van der Waals surface area contributed by atoms with E-state index in [0.29, 0.717) is 5.56 Å². The molecule has 0 aliphatic heterocycles. The van der Waals surface area contributed by atoms with E-state index < -0.39 is 15.8 Å².